The van der Waals surface area contributed by atoms with Crippen LogP contribution >= 0.6 is 0 Å². The molecule has 0 aliphatic carbocycles. The molecule has 3 heterocycles. The molecule has 1 spiro atoms. The van der Waals surface area contributed by atoms with Crippen LogP contribution in [0.15, 0.2) is 47.1 Å². The second-order valence-electron chi connectivity index (χ2n) is 8.26. The third-order valence-electron chi connectivity index (χ3n) is 6.60. The molecule has 28 heavy (non-hydrogen) atoms. The van der Waals surface area contributed by atoms with E-state index in [-0.39, 0.29) is 5.54 Å². The second-order valence-corrected chi connectivity index (χ2v) is 8.26. The van der Waals surface area contributed by atoms with Crippen molar-refractivity contribution in [2.24, 2.45) is 0 Å². The van der Waals surface area contributed by atoms with Gasteiger partial charge in [-0.15, -0.1) is 0 Å². The smallest absolute Gasteiger partial charge is 0.222 e. The molecule has 150 valence electrons. The van der Waals surface area contributed by atoms with Gasteiger partial charge in [-0.05, 0) is 50.6 Å². The maximum atomic E-state index is 12.4. The van der Waals surface area contributed by atoms with Gasteiger partial charge in [-0.1, -0.05) is 18.2 Å². The highest BCUT2D eigenvalue weighted by Gasteiger charge is 2.41. The minimum Gasteiger partial charge on any atom is -0.464 e. The fraction of sp³-hybridized carbons (Fsp3) is 0.522. The first kappa shape index (κ1) is 19.2. The van der Waals surface area contributed by atoms with Gasteiger partial charge >= 0.3 is 0 Å². The normalized spacial score (nSPS) is 24.6. The Morgan fingerprint density at radius 2 is 2.00 bits per heavy atom. The van der Waals surface area contributed by atoms with E-state index in [2.05, 4.69) is 48.0 Å². The summed E-state index contributed by atoms with van der Waals surface area (Å²) in [5, 5.41) is 0. The Hall–Kier alpha value is -2.11. The Kier molecular flexibility index (Phi) is 5.56. The van der Waals surface area contributed by atoms with Gasteiger partial charge in [0.15, 0.2) is 0 Å². The van der Waals surface area contributed by atoms with Crippen LogP contribution in [-0.4, -0.2) is 65.9 Å². The summed E-state index contributed by atoms with van der Waals surface area (Å²) < 4.78 is 5.56. The Labute approximate surface area is 167 Å². The summed E-state index contributed by atoms with van der Waals surface area (Å²) in [5.41, 5.74) is 2.55. The molecule has 5 nitrogen and oxygen atoms in total. The highest BCUT2D eigenvalue weighted by Crippen LogP contribution is 2.33. The highest BCUT2D eigenvalue weighted by atomic mass is 16.3. The monoisotopic (exact) mass is 381 g/mol. The highest BCUT2D eigenvalue weighted by molar-refractivity contribution is 5.76. The van der Waals surface area contributed by atoms with E-state index in [1.54, 1.807) is 6.26 Å². The average Bonchev–Trinajstić information content (AvgIpc) is 3.19. The van der Waals surface area contributed by atoms with Gasteiger partial charge in [0.2, 0.25) is 5.91 Å². The number of carbonyl (C=O) groups excluding carboxylic acids is 1. The number of carbonyl (C=O) groups is 1. The summed E-state index contributed by atoms with van der Waals surface area (Å²) >= 11 is 0. The zero-order valence-electron chi connectivity index (χ0n) is 17.1. The van der Waals surface area contributed by atoms with E-state index in [9.17, 15) is 4.79 Å². The first-order valence-corrected chi connectivity index (χ1v) is 10.4. The number of benzene rings is 1. The van der Waals surface area contributed by atoms with Crippen molar-refractivity contribution in [3.05, 3.63) is 48.2 Å². The van der Waals surface area contributed by atoms with Crippen LogP contribution in [0.25, 0.3) is 11.3 Å². The first-order valence-electron chi connectivity index (χ1n) is 10.4. The predicted molar refractivity (Wildman–Crippen MR) is 111 cm³/mol. The Balaban J connectivity index is 1.48. The number of rotatable bonds is 4. The quantitative estimate of drug-likeness (QED) is 0.813. The van der Waals surface area contributed by atoms with Crippen molar-refractivity contribution in [3.63, 3.8) is 0 Å². The predicted octanol–water partition coefficient (Wildman–Crippen LogP) is 3.47. The van der Waals surface area contributed by atoms with E-state index in [4.69, 9.17) is 4.42 Å². The van der Waals surface area contributed by atoms with E-state index < -0.39 is 0 Å². The van der Waals surface area contributed by atoms with Crippen molar-refractivity contribution in [3.8, 4) is 11.3 Å². The van der Waals surface area contributed by atoms with Gasteiger partial charge in [-0.3, -0.25) is 14.6 Å². The molecular formula is C23H31N3O2. The van der Waals surface area contributed by atoms with Gasteiger partial charge in [0, 0.05) is 56.8 Å². The lowest BCUT2D eigenvalue weighted by molar-refractivity contribution is -0.130. The number of piperazine rings is 1. The topological polar surface area (TPSA) is 39.9 Å². The molecule has 1 aromatic carbocycles. The number of likely N-dealkylation sites (tertiary alicyclic amines) is 1. The Morgan fingerprint density at radius 3 is 2.79 bits per heavy atom. The molecule has 2 fully saturated rings. The number of hydrogen-bond donors (Lipinski definition) is 0. The zero-order valence-corrected chi connectivity index (χ0v) is 17.1. The van der Waals surface area contributed by atoms with Crippen molar-refractivity contribution in [1.82, 2.24) is 14.7 Å². The largest absolute Gasteiger partial charge is 0.464 e. The zero-order chi connectivity index (χ0) is 19.6. The van der Waals surface area contributed by atoms with Crippen LogP contribution < -0.4 is 0 Å². The number of amides is 1. The third-order valence-corrected chi connectivity index (χ3v) is 6.60. The molecule has 5 heteroatoms. The summed E-state index contributed by atoms with van der Waals surface area (Å²) in [7, 11) is 2.24. The molecule has 2 aliphatic heterocycles. The van der Waals surface area contributed by atoms with E-state index in [0.29, 0.717) is 12.3 Å². The van der Waals surface area contributed by atoms with E-state index in [1.807, 2.05) is 17.0 Å². The van der Waals surface area contributed by atoms with Crippen LogP contribution in [0.5, 0.6) is 0 Å². The maximum Gasteiger partial charge on any atom is 0.222 e. The molecule has 2 aliphatic rings. The Bertz CT molecular complexity index is 804. The van der Waals surface area contributed by atoms with Gasteiger partial charge in [-0.2, -0.15) is 0 Å². The van der Waals surface area contributed by atoms with Crippen LogP contribution in [0, 0.1) is 0 Å². The van der Waals surface area contributed by atoms with Gasteiger partial charge in [0.05, 0.1) is 6.26 Å². The summed E-state index contributed by atoms with van der Waals surface area (Å²) in [4.78, 5) is 19.5. The molecule has 0 N–H and O–H groups in total. The lowest BCUT2D eigenvalue weighted by Gasteiger charge is -2.49. The summed E-state index contributed by atoms with van der Waals surface area (Å²) in [6, 6.07) is 12.6. The molecule has 1 atom stereocenters. The van der Waals surface area contributed by atoms with Crippen LogP contribution in [0.3, 0.4) is 0 Å². The van der Waals surface area contributed by atoms with E-state index >= 15 is 0 Å². The van der Waals surface area contributed by atoms with Gasteiger partial charge in [-0.25, -0.2) is 0 Å². The molecule has 0 saturated carbocycles. The maximum absolute atomic E-state index is 12.4. The molecule has 1 amide bonds. The standard InChI is InChI=1S/C23H31N3O2/c1-3-26-12-11-23(10-9-22(26)27)18-25(14-13-24(23)2)17-19-6-4-7-20(16-19)21-8-5-15-28-21/h4-8,15-16H,3,9-14,17-18H2,1-2H3/t23-/m0/s1. The van der Waals surface area contributed by atoms with Gasteiger partial charge < -0.3 is 9.32 Å². The molecule has 0 unspecified atom stereocenters. The minimum atomic E-state index is 0.108. The fourth-order valence-corrected chi connectivity index (χ4v) is 4.77. The van der Waals surface area contributed by atoms with Crippen LogP contribution in [0.1, 0.15) is 31.7 Å². The minimum absolute atomic E-state index is 0.108. The van der Waals surface area contributed by atoms with Crippen LogP contribution in [-0.2, 0) is 11.3 Å². The van der Waals surface area contributed by atoms with Crippen molar-refractivity contribution >= 4 is 5.91 Å². The number of hydrogen-bond acceptors (Lipinski definition) is 4. The Morgan fingerprint density at radius 1 is 1.11 bits per heavy atom. The average molecular weight is 382 g/mol. The lowest BCUT2D eigenvalue weighted by Crippen LogP contribution is -2.60. The number of likely N-dealkylation sites (N-methyl/N-ethyl adjacent to an activating group) is 1. The molecule has 0 radical (unpaired) electrons. The van der Waals surface area contributed by atoms with Crippen molar-refractivity contribution in [1.29, 1.82) is 0 Å². The lowest BCUT2D eigenvalue weighted by atomic mass is 9.86. The van der Waals surface area contributed by atoms with E-state index in [0.717, 1.165) is 63.4 Å². The molecule has 2 saturated heterocycles. The van der Waals surface area contributed by atoms with Gasteiger partial charge in [0.25, 0.3) is 0 Å². The molecule has 2 aromatic rings. The van der Waals surface area contributed by atoms with Crippen molar-refractivity contribution < 1.29 is 9.21 Å². The van der Waals surface area contributed by atoms with Crippen LogP contribution in [0.2, 0.25) is 0 Å². The number of nitrogens with zero attached hydrogens (tertiary/aromatic N) is 3. The van der Waals surface area contributed by atoms with Crippen LogP contribution in [0.4, 0.5) is 0 Å². The van der Waals surface area contributed by atoms with Gasteiger partial charge in [0.1, 0.15) is 5.76 Å². The molecule has 4 rings (SSSR count). The number of furan rings is 1. The van der Waals surface area contributed by atoms with Crippen molar-refractivity contribution in [2.75, 3.05) is 39.8 Å². The third kappa shape index (κ3) is 3.87. The molecule has 1 aromatic heterocycles. The van der Waals surface area contributed by atoms with Crippen molar-refractivity contribution in [2.45, 2.75) is 38.3 Å². The summed E-state index contributed by atoms with van der Waals surface area (Å²) in [6.07, 6.45) is 4.41. The first-order chi connectivity index (χ1) is 13.6. The SMILES string of the molecule is CCN1CC[C@@]2(CCC1=O)CN(Cc1cccc(-c3ccco3)c1)CCN2C. The van der Waals surface area contributed by atoms with E-state index in [1.165, 1.54) is 5.56 Å². The summed E-state index contributed by atoms with van der Waals surface area (Å²) in [6.45, 7) is 7.87. The fourth-order valence-electron chi connectivity index (χ4n) is 4.77. The summed E-state index contributed by atoms with van der Waals surface area (Å²) in [5.74, 6) is 1.23. The molecular weight excluding hydrogens is 350 g/mol. The molecule has 0 bridgehead atoms. The second kappa shape index (κ2) is 8.10.